The van der Waals surface area contributed by atoms with Crippen LogP contribution in [-0.4, -0.2) is 25.2 Å². The highest BCUT2D eigenvalue weighted by atomic mass is 16.5. The van der Waals surface area contributed by atoms with Gasteiger partial charge in [0.05, 0.1) is 31.2 Å². The maximum absolute atomic E-state index is 12.2. The quantitative estimate of drug-likeness (QED) is 0.592. The fraction of sp³-hybridized carbons (Fsp3) is 0.133. The molecule has 0 radical (unpaired) electrons. The van der Waals surface area contributed by atoms with Gasteiger partial charge >= 0.3 is 0 Å². The standard InChI is InChI=1S/C15H16N2O4/c1-20-9-6-7-13(21-2)12(8-9)17-15(19)10-4-3-5-11(16)14(10)18/h3-8,18H,16H2,1-2H3,(H,17,19). The van der Waals surface area contributed by atoms with Crippen molar-refractivity contribution in [2.75, 3.05) is 25.3 Å². The van der Waals surface area contributed by atoms with Crippen LogP contribution in [-0.2, 0) is 0 Å². The van der Waals surface area contributed by atoms with E-state index in [4.69, 9.17) is 15.2 Å². The van der Waals surface area contributed by atoms with Crippen LogP contribution in [0.15, 0.2) is 36.4 Å². The Bertz CT molecular complexity index is 671. The van der Waals surface area contributed by atoms with E-state index in [1.807, 2.05) is 0 Å². The van der Waals surface area contributed by atoms with Gasteiger partial charge in [-0.3, -0.25) is 4.79 Å². The van der Waals surface area contributed by atoms with Crippen molar-refractivity contribution in [1.82, 2.24) is 0 Å². The minimum Gasteiger partial charge on any atom is -0.505 e. The lowest BCUT2D eigenvalue weighted by Crippen LogP contribution is -2.13. The molecular formula is C15H16N2O4. The third kappa shape index (κ3) is 3.00. The van der Waals surface area contributed by atoms with Gasteiger partial charge in [0.1, 0.15) is 11.5 Å². The lowest BCUT2D eigenvalue weighted by molar-refractivity contribution is 0.102. The third-order valence-corrected chi connectivity index (χ3v) is 2.97. The molecule has 6 heteroatoms. The number of nitrogen functional groups attached to an aromatic ring is 1. The van der Waals surface area contributed by atoms with Gasteiger partial charge in [0, 0.05) is 6.07 Å². The average Bonchev–Trinajstić information content (AvgIpc) is 2.49. The second kappa shape index (κ2) is 6.04. The highest BCUT2D eigenvalue weighted by molar-refractivity contribution is 6.07. The number of carbonyl (C=O) groups is 1. The van der Waals surface area contributed by atoms with Gasteiger partial charge < -0.3 is 25.6 Å². The van der Waals surface area contributed by atoms with Crippen LogP contribution < -0.4 is 20.5 Å². The van der Waals surface area contributed by atoms with Crippen LogP contribution in [0.2, 0.25) is 0 Å². The van der Waals surface area contributed by atoms with Crippen molar-refractivity contribution in [3.05, 3.63) is 42.0 Å². The SMILES string of the molecule is COc1ccc(OC)c(NC(=O)c2cccc(N)c2O)c1. The van der Waals surface area contributed by atoms with Crippen LogP contribution in [0.4, 0.5) is 11.4 Å². The van der Waals surface area contributed by atoms with E-state index in [1.165, 1.54) is 26.4 Å². The molecule has 0 saturated carbocycles. The van der Waals surface area contributed by atoms with Crippen molar-refractivity contribution in [2.24, 2.45) is 0 Å². The van der Waals surface area contributed by atoms with Crippen molar-refractivity contribution in [1.29, 1.82) is 0 Å². The average molecular weight is 288 g/mol. The van der Waals surface area contributed by atoms with Crippen molar-refractivity contribution in [3.8, 4) is 17.2 Å². The van der Waals surface area contributed by atoms with Gasteiger partial charge in [0.2, 0.25) is 0 Å². The molecule has 0 bridgehead atoms. The largest absolute Gasteiger partial charge is 0.505 e. The Morgan fingerprint density at radius 1 is 1.19 bits per heavy atom. The summed E-state index contributed by atoms with van der Waals surface area (Å²) < 4.78 is 10.3. The minimum absolute atomic E-state index is 0.0832. The molecule has 1 amide bonds. The van der Waals surface area contributed by atoms with E-state index in [0.29, 0.717) is 17.2 Å². The fourth-order valence-electron chi connectivity index (χ4n) is 1.85. The summed E-state index contributed by atoms with van der Waals surface area (Å²) in [6.07, 6.45) is 0. The molecule has 21 heavy (non-hydrogen) atoms. The number of benzene rings is 2. The number of nitrogens with one attached hydrogen (secondary N) is 1. The fourth-order valence-corrected chi connectivity index (χ4v) is 1.85. The van der Waals surface area contributed by atoms with E-state index in [2.05, 4.69) is 5.32 Å². The summed E-state index contributed by atoms with van der Waals surface area (Å²) in [5.41, 5.74) is 6.24. The molecule has 0 aromatic heterocycles. The number of methoxy groups -OCH3 is 2. The smallest absolute Gasteiger partial charge is 0.259 e. The zero-order valence-corrected chi connectivity index (χ0v) is 11.7. The summed E-state index contributed by atoms with van der Waals surface area (Å²) in [6, 6.07) is 9.60. The summed E-state index contributed by atoms with van der Waals surface area (Å²) in [5, 5.41) is 12.5. The number of aromatic hydroxyl groups is 1. The van der Waals surface area contributed by atoms with Gasteiger partial charge in [-0.15, -0.1) is 0 Å². The third-order valence-electron chi connectivity index (χ3n) is 2.97. The summed E-state index contributed by atoms with van der Waals surface area (Å²) in [5.74, 6) is 0.304. The molecular weight excluding hydrogens is 272 g/mol. The van der Waals surface area contributed by atoms with E-state index >= 15 is 0 Å². The highest BCUT2D eigenvalue weighted by Gasteiger charge is 2.15. The number of rotatable bonds is 4. The first-order chi connectivity index (χ1) is 10.1. The van der Waals surface area contributed by atoms with Gasteiger partial charge in [-0.2, -0.15) is 0 Å². The Kier molecular flexibility index (Phi) is 4.18. The first-order valence-electron chi connectivity index (χ1n) is 6.17. The molecule has 0 fully saturated rings. The zero-order valence-electron chi connectivity index (χ0n) is 11.7. The maximum Gasteiger partial charge on any atom is 0.259 e. The number of carbonyl (C=O) groups excluding carboxylic acids is 1. The molecule has 110 valence electrons. The number of phenols is 1. The lowest BCUT2D eigenvalue weighted by Gasteiger charge is -2.12. The van der Waals surface area contributed by atoms with Crippen LogP contribution in [0.3, 0.4) is 0 Å². The van der Waals surface area contributed by atoms with Gasteiger partial charge in [-0.25, -0.2) is 0 Å². The highest BCUT2D eigenvalue weighted by Crippen LogP contribution is 2.31. The number of nitrogens with two attached hydrogens (primary N) is 1. The molecule has 0 aliphatic rings. The lowest BCUT2D eigenvalue weighted by atomic mass is 10.1. The molecule has 0 atom stereocenters. The summed E-state index contributed by atoms with van der Waals surface area (Å²) >= 11 is 0. The van der Waals surface area contributed by atoms with Crippen LogP contribution in [0.1, 0.15) is 10.4 Å². The Morgan fingerprint density at radius 2 is 1.95 bits per heavy atom. The molecule has 0 unspecified atom stereocenters. The van der Waals surface area contributed by atoms with Gasteiger partial charge in [0.25, 0.3) is 5.91 Å². The number of amides is 1. The molecule has 0 heterocycles. The Hall–Kier alpha value is -2.89. The number of phenolic OH excluding ortho intramolecular Hbond substituents is 1. The predicted octanol–water partition coefficient (Wildman–Crippen LogP) is 2.24. The number of ether oxygens (including phenoxy) is 2. The molecule has 2 aromatic rings. The van der Waals surface area contributed by atoms with Crippen LogP contribution in [0.25, 0.3) is 0 Å². The van der Waals surface area contributed by atoms with Crippen LogP contribution >= 0.6 is 0 Å². The van der Waals surface area contributed by atoms with Crippen LogP contribution in [0, 0.1) is 0 Å². The molecule has 2 aromatic carbocycles. The Balaban J connectivity index is 2.33. The summed E-state index contributed by atoms with van der Waals surface area (Å²) in [7, 11) is 3.02. The van der Waals surface area contributed by atoms with Crippen molar-refractivity contribution in [3.63, 3.8) is 0 Å². The van der Waals surface area contributed by atoms with Crippen molar-refractivity contribution in [2.45, 2.75) is 0 Å². The Morgan fingerprint density at radius 3 is 2.62 bits per heavy atom. The minimum atomic E-state index is -0.494. The van der Waals surface area contributed by atoms with Crippen molar-refractivity contribution >= 4 is 17.3 Å². The molecule has 0 aliphatic carbocycles. The van der Waals surface area contributed by atoms with E-state index in [0.717, 1.165) is 0 Å². The topological polar surface area (TPSA) is 93.8 Å². The number of para-hydroxylation sites is 1. The van der Waals surface area contributed by atoms with E-state index in [-0.39, 0.29) is 17.0 Å². The Labute approximate surface area is 122 Å². The van der Waals surface area contributed by atoms with Gasteiger partial charge in [-0.1, -0.05) is 6.07 Å². The first kappa shape index (κ1) is 14.5. The first-order valence-corrected chi connectivity index (χ1v) is 6.17. The van der Waals surface area contributed by atoms with E-state index < -0.39 is 5.91 Å². The second-order valence-corrected chi connectivity index (χ2v) is 4.26. The molecule has 6 nitrogen and oxygen atoms in total. The molecule has 0 aliphatic heterocycles. The van der Waals surface area contributed by atoms with Gasteiger partial charge in [0.15, 0.2) is 5.75 Å². The summed E-state index contributed by atoms with van der Waals surface area (Å²) in [4.78, 5) is 12.2. The maximum atomic E-state index is 12.2. The van der Waals surface area contributed by atoms with Crippen molar-refractivity contribution < 1.29 is 19.4 Å². The molecule has 2 rings (SSSR count). The monoisotopic (exact) mass is 288 g/mol. The number of anilines is 2. The molecule has 4 N–H and O–H groups in total. The molecule has 0 saturated heterocycles. The van der Waals surface area contributed by atoms with E-state index in [9.17, 15) is 9.90 Å². The van der Waals surface area contributed by atoms with Gasteiger partial charge in [-0.05, 0) is 24.3 Å². The van der Waals surface area contributed by atoms with E-state index in [1.54, 1.807) is 24.3 Å². The second-order valence-electron chi connectivity index (χ2n) is 4.26. The zero-order chi connectivity index (χ0) is 15.4. The number of hydrogen-bond acceptors (Lipinski definition) is 5. The number of hydrogen-bond donors (Lipinski definition) is 3. The normalized spacial score (nSPS) is 10.0. The van der Waals surface area contributed by atoms with Crippen LogP contribution in [0.5, 0.6) is 17.2 Å². The predicted molar refractivity (Wildman–Crippen MR) is 80.0 cm³/mol. The molecule has 0 spiro atoms. The summed E-state index contributed by atoms with van der Waals surface area (Å²) in [6.45, 7) is 0.